The van der Waals surface area contributed by atoms with E-state index in [0.717, 1.165) is 5.56 Å². The number of halogens is 1. The number of phenols is 1. The maximum Gasteiger partial charge on any atom is 0.264 e. The summed E-state index contributed by atoms with van der Waals surface area (Å²) in [5.74, 6) is -0.0937. The van der Waals surface area contributed by atoms with Crippen molar-refractivity contribution in [1.82, 2.24) is 0 Å². The van der Waals surface area contributed by atoms with Crippen LogP contribution in [0.4, 0.5) is 5.69 Å². The smallest absolute Gasteiger partial charge is 0.264 e. The molecule has 0 radical (unpaired) electrons. The van der Waals surface area contributed by atoms with Gasteiger partial charge in [-0.3, -0.25) is 4.31 Å². The van der Waals surface area contributed by atoms with Crippen LogP contribution in [0.5, 0.6) is 5.75 Å². The van der Waals surface area contributed by atoms with Gasteiger partial charge in [-0.15, -0.1) is 0 Å². The first-order valence-electron chi connectivity index (χ1n) is 7.58. The number of nitrogens with zero attached hydrogens (tertiary/aromatic N) is 1. The monoisotopic (exact) mass is 373 g/mol. The molecule has 0 aromatic heterocycles. The number of aromatic hydroxyl groups is 1. The summed E-state index contributed by atoms with van der Waals surface area (Å²) in [6.45, 7) is 0.123. The minimum atomic E-state index is -3.82. The highest BCUT2D eigenvalue weighted by Gasteiger charge is 2.25. The van der Waals surface area contributed by atoms with Gasteiger partial charge < -0.3 is 5.11 Å². The molecule has 0 aliphatic carbocycles. The van der Waals surface area contributed by atoms with Gasteiger partial charge in [0.2, 0.25) is 0 Å². The predicted octanol–water partition coefficient (Wildman–Crippen LogP) is 4.44. The highest BCUT2D eigenvalue weighted by Crippen LogP contribution is 2.31. The molecule has 0 spiro atoms. The summed E-state index contributed by atoms with van der Waals surface area (Å²) < 4.78 is 27.6. The van der Waals surface area contributed by atoms with Crippen molar-refractivity contribution in [3.63, 3.8) is 0 Å². The van der Waals surface area contributed by atoms with E-state index in [2.05, 4.69) is 0 Å². The summed E-state index contributed by atoms with van der Waals surface area (Å²) in [6.07, 6.45) is 0. The third-order valence-corrected chi connectivity index (χ3v) is 5.66. The molecule has 3 rings (SSSR count). The van der Waals surface area contributed by atoms with Gasteiger partial charge in [0.1, 0.15) is 5.75 Å². The fourth-order valence-electron chi connectivity index (χ4n) is 2.49. The van der Waals surface area contributed by atoms with Crippen LogP contribution in [0.2, 0.25) is 5.02 Å². The lowest BCUT2D eigenvalue weighted by Gasteiger charge is -2.25. The van der Waals surface area contributed by atoms with Crippen molar-refractivity contribution in [3.05, 3.63) is 89.4 Å². The number of anilines is 1. The van der Waals surface area contributed by atoms with Crippen molar-refractivity contribution in [2.24, 2.45) is 0 Å². The molecule has 0 saturated heterocycles. The molecule has 0 heterocycles. The highest BCUT2D eigenvalue weighted by molar-refractivity contribution is 7.92. The van der Waals surface area contributed by atoms with Gasteiger partial charge in [0.05, 0.1) is 17.1 Å². The Labute approximate surface area is 152 Å². The van der Waals surface area contributed by atoms with Crippen LogP contribution in [0, 0.1) is 0 Å². The van der Waals surface area contributed by atoms with E-state index in [9.17, 15) is 13.5 Å². The van der Waals surface area contributed by atoms with Crippen molar-refractivity contribution >= 4 is 27.3 Å². The van der Waals surface area contributed by atoms with Crippen LogP contribution in [0.3, 0.4) is 0 Å². The number of rotatable bonds is 5. The van der Waals surface area contributed by atoms with Gasteiger partial charge in [-0.05, 0) is 29.8 Å². The van der Waals surface area contributed by atoms with Crippen LogP contribution in [0.15, 0.2) is 83.8 Å². The zero-order valence-electron chi connectivity index (χ0n) is 13.2. The SMILES string of the molecule is O=S(=O)(c1ccccc1)N(Cc1ccccc1)c1cc(O)cc(Cl)c1. The molecule has 25 heavy (non-hydrogen) atoms. The first-order valence-corrected chi connectivity index (χ1v) is 9.40. The number of hydrogen-bond donors (Lipinski definition) is 1. The predicted molar refractivity (Wildman–Crippen MR) is 99.4 cm³/mol. The largest absolute Gasteiger partial charge is 0.508 e. The Kier molecular flexibility index (Phi) is 4.97. The Morgan fingerprint density at radius 1 is 0.880 bits per heavy atom. The average Bonchev–Trinajstić information content (AvgIpc) is 2.60. The van der Waals surface area contributed by atoms with Crippen LogP contribution in [-0.4, -0.2) is 13.5 Å². The van der Waals surface area contributed by atoms with Crippen LogP contribution in [0.25, 0.3) is 0 Å². The van der Waals surface area contributed by atoms with E-state index in [1.165, 1.54) is 34.6 Å². The third kappa shape index (κ3) is 3.95. The van der Waals surface area contributed by atoms with Gasteiger partial charge in [0.15, 0.2) is 0 Å². The molecule has 0 aliphatic heterocycles. The second kappa shape index (κ2) is 7.17. The van der Waals surface area contributed by atoms with Crippen molar-refractivity contribution in [2.45, 2.75) is 11.4 Å². The molecule has 6 heteroatoms. The average molecular weight is 374 g/mol. The summed E-state index contributed by atoms with van der Waals surface area (Å²) in [4.78, 5) is 0.172. The van der Waals surface area contributed by atoms with Gasteiger partial charge in [-0.2, -0.15) is 0 Å². The fourth-order valence-corrected chi connectivity index (χ4v) is 4.17. The van der Waals surface area contributed by atoms with Crippen LogP contribution in [-0.2, 0) is 16.6 Å². The Bertz CT molecular complexity index is 940. The quantitative estimate of drug-likeness (QED) is 0.719. The number of benzene rings is 3. The molecule has 128 valence electrons. The maximum atomic E-state index is 13.2. The van der Waals surface area contributed by atoms with Crippen molar-refractivity contribution < 1.29 is 13.5 Å². The van der Waals surface area contributed by atoms with E-state index in [0.29, 0.717) is 5.69 Å². The Morgan fingerprint density at radius 2 is 1.48 bits per heavy atom. The lowest BCUT2D eigenvalue weighted by molar-refractivity contribution is 0.475. The summed E-state index contributed by atoms with van der Waals surface area (Å²) in [7, 11) is -3.82. The number of hydrogen-bond acceptors (Lipinski definition) is 3. The molecule has 0 amide bonds. The molecule has 4 nitrogen and oxygen atoms in total. The lowest BCUT2D eigenvalue weighted by atomic mass is 10.2. The Hall–Kier alpha value is -2.50. The first-order chi connectivity index (χ1) is 12.0. The second-order valence-corrected chi connectivity index (χ2v) is 7.78. The topological polar surface area (TPSA) is 57.6 Å². The molecule has 0 fully saturated rings. The van der Waals surface area contributed by atoms with E-state index in [-0.39, 0.29) is 22.2 Å². The Morgan fingerprint density at radius 3 is 2.08 bits per heavy atom. The van der Waals surface area contributed by atoms with E-state index in [1.807, 2.05) is 30.3 Å². The highest BCUT2D eigenvalue weighted by atomic mass is 35.5. The second-order valence-electron chi connectivity index (χ2n) is 5.48. The minimum absolute atomic E-state index is 0.0937. The zero-order chi connectivity index (χ0) is 17.9. The maximum absolute atomic E-state index is 13.2. The number of phenolic OH excluding ortho intramolecular Hbond substituents is 1. The molecular weight excluding hydrogens is 358 g/mol. The molecule has 1 N–H and O–H groups in total. The lowest BCUT2D eigenvalue weighted by Crippen LogP contribution is -2.30. The summed E-state index contributed by atoms with van der Waals surface area (Å²) in [5, 5.41) is 10.1. The van der Waals surface area contributed by atoms with E-state index in [1.54, 1.807) is 18.2 Å². The molecule has 0 atom stereocenters. The summed E-state index contributed by atoms with van der Waals surface area (Å²) >= 11 is 6.01. The summed E-state index contributed by atoms with van der Waals surface area (Å²) in [5.41, 5.74) is 1.12. The van der Waals surface area contributed by atoms with E-state index in [4.69, 9.17) is 11.6 Å². The van der Waals surface area contributed by atoms with Gasteiger partial charge in [0, 0.05) is 11.1 Å². The van der Waals surface area contributed by atoms with Gasteiger partial charge in [-0.1, -0.05) is 60.1 Å². The standard InChI is InChI=1S/C19H16ClNO3S/c20-16-11-17(13-18(22)12-16)21(14-15-7-3-1-4-8-15)25(23,24)19-9-5-2-6-10-19/h1-13,22H,14H2. The van der Waals surface area contributed by atoms with Crippen molar-refractivity contribution in [3.8, 4) is 5.75 Å². The van der Waals surface area contributed by atoms with Crippen LogP contribution < -0.4 is 4.31 Å². The van der Waals surface area contributed by atoms with Crippen LogP contribution >= 0.6 is 11.6 Å². The molecule has 0 bridgehead atoms. The zero-order valence-corrected chi connectivity index (χ0v) is 14.8. The summed E-state index contributed by atoms with van der Waals surface area (Å²) in [6, 6.07) is 21.7. The Balaban J connectivity index is 2.12. The van der Waals surface area contributed by atoms with Crippen molar-refractivity contribution in [1.29, 1.82) is 0 Å². The third-order valence-electron chi connectivity index (χ3n) is 3.66. The molecule has 3 aromatic rings. The van der Waals surface area contributed by atoms with Crippen molar-refractivity contribution in [2.75, 3.05) is 4.31 Å². The molecule has 0 aliphatic rings. The van der Waals surface area contributed by atoms with Gasteiger partial charge in [0.25, 0.3) is 10.0 Å². The van der Waals surface area contributed by atoms with E-state index < -0.39 is 10.0 Å². The first kappa shape index (κ1) is 17.3. The van der Waals surface area contributed by atoms with E-state index >= 15 is 0 Å². The van der Waals surface area contributed by atoms with Gasteiger partial charge in [-0.25, -0.2) is 8.42 Å². The fraction of sp³-hybridized carbons (Fsp3) is 0.0526. The molecular formula is C19H16ClNO3S. The minimum Gasteiger partial charge on any atom is -0.508 e. The number of sulfonamides is 1. The molecule has 3 aromatic carbocycles. The molecule has 0 saturated carbocycles. The molecule has 0 unspecified atom stereocenters. The van der Waals surface area contributed by atoms with Gasteiger partial charge >= 0.3 is 0 Å². The normalized spacial score (nSPS) is 11.2. The van der Waals surface area contributed by atoms with Crippen LogP contribution in [0.1, 0.15) is 5.56 Å².